The molecule has 2 N–H and O–H groups in total. The van der Waals surface area contributed by atoms with Gasteiger partial charge < -0.3 is 20.3 Å². The van der Waals surface area contributed by atoms with E-state index in [2.05, 4.69) is 22.5 Å². The molecule has 2 saturated heterocycles. The Morgan fingerprint density at radius 2 is 2.00 bits per heavy atom. The fourth-order valence-electron chi connectivity index (χ4n) is 4.29. The van der Waals surface area contributed by atoms with Gasteiger partial charge in [0.1, 0.15) is 0 Å². The molecule has 3 atom stereocenters. The number of morpholine rings is 1. The molecule has 3 rings (SSSR count). The van der Waals surface area contributed by atoms with Crippen LogP contribution in [0.25, 0.3) is 0 Å². The molecule has 2 amide bonds. The molecule has 0 aromatic rings. The van der Waals surface area contributed by atoms with Crippen LogP contribution in [0.3, 0.4) is 0 Å². The normalized spacial score (nSPS) is 30.8. The zero-order valence-electron chi connectivity index (χ0n) is 16.0. The van der Waals surface area contributed by atoms with Crippen molar-refractivity contribution < 1.29 is 14.3 Å². The molecule has 2 aliphatic heterocycles. The Bertz CT molecular complexity index is 473. The van der Waals surface area contributed by atoms with Crippen molar-refractivity contribution in [1.82, 2.24) is 20.4 Å². The van der Waals surface area contributed by atoms with E-state index in [1.807, 2.05) is 4.90 Å². The lowest BCUT2D eigenvalue weighted by atomic mass is 9.87. The molecular weight excluding hydrogens is 332 g/mol. The van der Waals surface area contributed by atoms with Crippen LogP contribution < -0.4 is 10.6 Å². The second-order valence-electron chi connectivity index (χ2n) is 8.12. The van der Waals surface area contributed by atoms with Crippen LogP contribution in [0.1, 0.15) is 39.0 Å². The molecular formula is C19H34N4O3. The highest BCUT2D eigenvalue weighted by Crippen LogP contribution is 2.23. The van der Waals surface area contributed by atoms with Crippen LogP contribution in [0.15, 0.2) is 0 Å². The summed E-state index contributed by atoms with van der Waals surface area (Å²) in [5.41, 5.74) is 0. The van der Waals surface area contributed by atoms with Gasteiger partial charge >= 0.3 is 0 Å². The van der Waals surface area contributed by atoms with E-state index in [1.54, 1.807) is 0 Å². The Balaban J connectivity index is 1.34. The summed E-state index contributed by atoms with van der Waals surface area (Å²) in [6, 6.07) is 0.484. The van der Waals surface area contributed by atoms with Crippen LogP contribution in [-0.2, 0) is 14.3 Å². The summed E-state index contributed by atoms with van der Waals surface area (Å²) in [6.45, 7) is 7.84. The van der Waals surface area contributed by atoms with Gasteiger partial charge in [0.2, 0.25) is 11.8 Å². The average molecular weight is 367 g/mol. The van der Waals surface area contributed by atoms with Crippen molar-refractivity contribution in [2.75, 3.05) is 52.5 Å². The lowest BCUT2D eigenvalue weighted by molar-refractivity contribution is -0.134. The number of hydrogen-bond acceptors (Lipinski definition) is 5. The van der Waals surface area contributed by atoms with Crippen LogP contribution in [0, 0.1) is 5.92 Å². The first kappa shape index (κ1) is 19.6. The van der Waals surface area contributed by atoms with Gasteiger partial charge in [-0.05, 0) is 18.8 Å². The minimum Gasteiger partial charge on any atom is -0.378 e. The number of nitrogens with one attached hydrogen (secondary N) is 2. The number of hydrogen-bond donors (Lipinski definition) is 2. The van der Waals surface area contributed by atoms with Crippen molar-refractivity contribution in [1.29, 1.82) is 0 Å². The molecule has 3 unspecified atom stereocenters. The first-order valence-electron chi connectivity index (χ1n) is 10.2. The molecule has 7 heteroatoms. The van der Waals surface area contributed by atoms with Crippen molar-refractivity contribution in [3.63, 3.8) is 0 Å². The molecule has 2 heterocycles. The van der Waals surface area contributed by atoms with E-state index < -0.39 is 0 Å². The number of ether oxygens (including phenoxy) is 1. The topological polar surface area (TPSA) is 73.9 Å². The third-order valence-electron chi connectivity index (χ3n) is 5.81. The molecule has 3 fully saturated rings. The van der Waals surface area contributed by atoms with Gasteiger partial charge in [0.15, 0.2) is 0 Å². The third kappa shape index (κ3) is 5.93. The van der Waals surface area contributed by atoms with E-state index in [4.69, 9.17) is 4.74 Å². The molecule has 0 bridgehead atoms. The smallest absolute Gasteiger partial charge is 0.234 e. The van der Waals surface area contributed by atoms with Crippen LogP contribution in [0.4, 0.5) is 0 Å². The lowest BCUT2D eigenvalue weighted by Crippen LogP contribution is -2.53. The van der Waals surface area contributed by atoms with Gasteiger partial charge in [-0.3, -0.25) is 14.5 Å². The minimum absolute atomic E-state index is 0.132. The van der Waals surface area contributed by atoms with E-state index in [1.165, 1.54) is 12.8 Å². The monoisotopic (exact) mass is 366 g/mol. The van der Waals surface area contributed by atoms with Crippen molar-refractivity contribution in [3.8, 4) is 0 Å². The predicted molar refractivity (Wildman–Crippen MR) is 99.8 cm³/mol. The number of carbonyl (C=O) groups excluding carboxylic acids is 2. The predicted octanol–water partition coefficient (Wildman–Crippen LogP) is 0.204. The molecule has 148 valence electrons. The first-order chi connectivity index (χ1) is 12.6. The van der Waals surface area contributed by atoms with Gasteiger partial charge in [-0.1, -0.05) is 19.8 Å². The standard InChI is InChI=1S/C19H34N4O3/c1-15-3-2-4-16(11-15)21-18(24)13-22-6-8-23(9-7-22)19(25)12-17-14-26-10-5-20-17/h15-17,20H,2-14H2,1H3,(H,21,24). The maximum absolute atomic E-state index is 12.4. The Morgan fingerprint density at radius 3 is 2.69 bits per heavy atom. The molecule has 0 radical (unpaired) electrons. The van der Waals surface area contributed by atoms with Gasteiger partial charge in [0, 0.05) is 51.2 Å². The Hall–Kier alpha value is -1.18. The van der Waals surface area contributed by atoms with Gasteiger partial charge in [-0.25, -0.2) is 0 Å². The summed E-state index contributed by atoms with van der Waals surface area (Å²) < 4.78 is 5.41. The zero-order valence-corrected chi connectivity index (χ0v) is 16.0. The molecule has 1 aliphatic carbocycles. The van der Waals surface area contributed by atoms with Gasteiger partial charge in [0.05, 0.1) is 19.8 Å². The van der Waals surface area contributed by atoms with Crippen LogP contribution in [0.2, 0.25) is 0 Å². The van der Waals surface area contributed by atoms with Gasteiger partial charge in [0.25, 0.3) is 0 Å². The lowest BCUT2D eigenvalue weighted by Gasteiger charge is -2.36. The fraction of sp³-hybridized carbons (Fsp3) is 0.895. The molecule has 3 aliphatic rings. The van der Waals surface area contributed by atoms with Crippen LogP contribution in [-0.4, -0.2) is 86.2 Å². The van der Waals surface area contributed by atoms with Crippen LogP contribution >= 0.6 is 0 Å². The second-order valence-corrected chi connectivity index (χ2v) is 8.12. The third-order valence-corrected chi connectivity index (χ3v) is 5.81. The molecule has 0 aromatic carbocycles. The summed E-state index contributed by atoms with van der Waals surface area (Å²) in [6.07, 6.45) is 5.21. The van der Waals surface area contributed by atoms with Gasteiger partial charge in [-0.15, -0.1) is 0 Å². The number of amides is 2. The van der Waals surface area contributed by atoms with E-state index >= 15 is 0 Å². The minimum atomic E-state index is 0.132. The fourth-order valence-corrected chi connectivity index (χ4v) is 4.29. The van der Waals surface area contributed by atoms with E-state index in [0.717, 1.165) is 39.1 Å². The molecule has 0 spiro atoms. The van der Waals surface area contributed by atoms with Crippen LogP contribution in [0.5, 0.6) is 0 Å². The summed E-state index contributed by atoms with van der Waals surface area (Å²) >= 11 is 0. The van der Waals surface area contributed by atoms with Crippen molar-refractivity contribution in [3.05, 3.63) is 0 Å². The number of piperazine rings is 1. The summed E-state index contributed by atoms with van der Waals surface area (Å²) in [5, 5.41) is 6.53. The zero-order chi connectivity index (χ0) is 18.4. The highest BCUT2D eigenvalue weighted by molar-refractivity contribution is 5.79. The number of carbonyl (C=O) groups is 2. The Labute approximate surface area is 156 Å². The first-order valence-corrected chi connectivity index (χ1v) is 10.2. The van der Waals surface area contributed by atoms with E-state index in [0.29, 0.717) is 44.6 Å². The van der Waals surface area contributed by atoms with Crippen molar-refractivity contribution in [2.24, 2.45) is 5.92 Å². The highest BCUT2D eigenvalue weighted by Gasteiger charge is 2.26. The quantitative estimate of drug-likeness (QED) is 0.727. The SMILES string of the molecule is CC1CCCC(NC(=O)CN2CCN(C(=O)CC3COCCN3)CC2)C1. The van der Waals surface area contributed by atoms with Crippen molar-refractivity contribution in [2.45, 2.75) is 51.1 Å². The number of rotatable bonds is 5. The Morgan fingerprint density at radius 1 is 1.19 bits per heavy atom. The highest BCUT2D eigenvalue weighted by atomic mass is 16.5. The average Bonchev–Trinajstić information content (AvgIpc) is 2.63. The summed E-state index contributed by atoms with van der Waals surface area (Å²) in [4.78, 5) is 28.8. The van der Waals surface area contributed by atoms with E-state index in [-0.39, 0.29) is 17.9 Å². The maximum atomic E-state index is 12.4. The molecule has 1 saturated carbocycles. The van der Waals surface area contributed by atoms with Gasteiger partial charge in [-0.2, -0.15) is 0 Å². The molecule has 26 heavy (non-hydrogen) atoms. The summed E-state index contributed by atoms with van der Waals surface area (Å²) in [5.74, 6) is 1.04. The largest absolute Gasteiger partial charge is 0.378 e. The molecule has 7 nitrogen and oxygen atoms in total. The maximum Gasteiger partial charge on any atom is 0.234 e. The molecule has 0 aromatic heterocycles. The second kappa shape index (κ2) is 9.67. The van der Waals surface area contributed by atoms with E-state index in [9.17, 15) is 9.59 Å². The summed E-state index contributed by atoms with van der Waals surface area (Å²) in [7, 11) is 0. The Kier molecular flexibility index (Phi) is 7.28. The number of nitrogens with zero attached hydrogens (tertiary/aromatic N) is 2. The van der Waals surface area contributed by atoms with Crippen molar-refractivity contribution >= 4 is 11.8 Å².